The third kappa shape index (κ3) is 4.91. The van der Waals surface area contributed by atoms with Crippen LogP contribution in [-0.2, 0) is 0 Å². The van der Waals surface area contributed by atoms with Gasteiger partial charge in [-0.1, -0.05) is 38.0 Å². The van der Waals surface area contributed by atoms with E-state index in [0.29, 0.717) is 11.4 Å². The summed E-state index contributed by atoms with van der Waals surface area (Å²) in [6.45, 7) is 3.14. The summed E-state index contributed by atoms with van der Waals surface area (Å²) in [5.41, 5.74) is 1.60. The average Bonchev–Trinajstić information content (AvgIpc) is 2.54. The number of aromatic nitrogens is 1. The lowest BCUT2D eigenvalue weighted by atomic mass is 10.2. The van der Waals surface area contributed by atoms with E-state index in [-0.39, 0.29) is 5.91 Å². The molecular weight excluding hydrogens is 262 g/mol. The first-order chi connectivity index (χ1) is 10.3. The lowest BCUT2D eigenvalue weighted by molar-refractivity contribution is 0.102. The highest BCUT2D eigenvalue weighted by molar-refractivity contribution is 6.03. The number of carbonyl (C=O) groups is 1. The molecule has 0 saturated carbocycles. The Labute approximate surface area is 125 Å². The molecule has 1 heterocycles. The van der Waals surface area contributed by atoms with E-state index < -0.39 is 0 Å². The van der Waals surface area contributed by atoms with Crippen molar-refractivity contribution in [1.82, 2.24) is 4.98 Å². The molecule has 0 saturated heterocycles. The quantitative estimate of drug-likeness (QED) is 0.757. The van der Waals surface area contributed by atoms with Crippen molar-refractivity contribution in [3.63, 3.8) is 0 Å². The molecular formula is C17H21N3O. The predicted octanol–water partition coefficient (Wildman–Crippen LogP) is 3.94. The molecule has 2 rings (SSSR count). The summed E-state index contributed by atoms with van der Waals surface area (Å²) in [6, 6.07) is 12.9. The lowest BCUT2D eigenvalue weighted by Crippen LogP contribution is -2.12. The van der Waals surface area contributed by atoms with Crippen LogP contribution in [0.3, 0.4) is 0 Å². The van der Waals surface area contributed by atoms with Crippen molar-refractivity contribution in [1.29, 1.82) is 0 Å². The first kappa shape index (κ1) is 15.0. The summed E-state index contributed by atoms with van der Waals surface area (Å²) in [5, 5.41) is 6.10. The van der Waals surface area contributed by atoms with Crippen LogP contribution in [0, 0.1) is 0 Å². The molecule has 0 aliphatic rings. The molecule has 110 valence electrons. The number of anilines is 2. The number of nitrogens with one attached hydrogen (secondary N) is 2. The van der Waals surface area contributed by atoms with E-state index in [2.05, 4.69) is 22.5 Å². The van der Waals surface area contributed by atoms with E-state index in [1.807, 2.05) is 30.3 Å². The van der Waals surface area contributed by atoms with Crippen molar-refractivity contribution in [2.24, 2.45) is 0 Å². The van der Waals surface area contributed by atoms with Crippen LogP contribution in [0.15, 0.2) is 48.7 Å². The normalized spacial score (nSPS) is 10.1. The van der Waals surface area contributed by atoms with Crippen LogP contribution in [0.1, 0.15) is 36.5 Å². The summed E-state index contributed by atoms with van der Waals surface area (Å²) in [7, 11) is 0. The van der Waals surface area contributed by atoms with Gasteiger partial charge in [-0.3, -0.25) is 4.79 Å². The molecule has 2 N–H and O–H groups in total. The number of hydrogen-bond acceptors (Lipinski definition) is 3. The van der Waals surface area contributed by atoms with Gasteiger partial charge in [-0.25, -0.2) is 4.98 Å². The van der Waals surface area contributed by atoms with Crippen LogP contribution in [0.25, 0.3) is 0 Å². The molecule has 0 radical (unpaired) electrons. The molecule has 4 nitrogen and oxygen atoms in total. The molecule has 1 amide bonds. The van der Waals surface area contributed by atoms with Crippen LogP contribution in [0.4, 0.5) is 11.5 Å². The van der Waals surface area contributed by atoms with Gasteiger partial charge in [0.05, 0.1) is 11.9 Å². The SMILES string of the molecule is CCCCCNc1ccc(NC(=O)c2ccccc2)nc1. The predicted molar refractivity (Wildman–Crippen MR) is 86.6 cm³/mol. The monoisotopic (exact) mass is 283 g/mol. The Morgan fingerprint density at radius 1 is 1.10 bits per heavy atom. The van der Waals surface area contributed by atoms with E-state index in [9.17, 15) is 4.79 Å². The van der Waals surface area contributed by atoms with Crippen molar-refractivity contribution >= 4 is 17.4 Å². The second-order valence-electron chi connectivity index (χ2n) is 4.89. The number of unbranched alkanes of at least 4 members (excludes halogenated alkanes) is 2. The molecule has 0 fully saturated rings. The van der Waals surface area contributed by atoms with Crippen molar-refractivity contribution < 1.29 is 4.79 Å². The van der Waals surface area contributed by atoms with Gasteiger partial charge in [-0.2, -0.15) is 0 Å². The van der Waals surface area contributed by atoms with Gasteiger partial charge in [0, 0.05) is 12.1 Å². The maximum atomic E-state index is 12.0. The van der Waals surface area contributed by atoms with Crippen molar-refractivity contribution in [2.45, 2.75) is 26.2 Å². The summed E-state index contributed by atoms with van der Waals surface area (Å²) in [4.78, 5) is 16.2. The molecule has 4 heteroatoms. The Bertz CT molecular complexity index is 552. The Balaban J connectivity index is 1.86. The summed E-state index contributed by atoms with van der Waals surface area (Å²) < 4.78 is 0. The molecule has 21 heavy (non-hydrogen) atoms. The zero-order valence-electron chi connectivity index (χ0n) is 12.3. The first-order valence-corrected chi connectivity index (χ1v) is 7.36. The van der Waals surface area contributed by atoms with E-state index in [0.717, 1.165) is 18.7 Å². The summed E-state index contributed by atoms with van der Waals surface area (Å²) >= 11 is 0. The number of carbonyl (C=O) groups excluding carboxylic acids is 1. The van der Waals surface area contributed by atoms with Crippen molar-refractivity contribution in [3.8, 4) is 0 Å². The van der Waals surface area contributed by atoms with Gasteiger partial charge in [0.15, 0.2) is 0 Å². The van der Waals surface area contributed by atoms with Gasteiger partial charge in [0.25, 0.3) is 5.91 Å². The maximum absolute atomic E-state index is 12.0. The van der Waals surface area contributed by atoms with E-state index >= 15 is 0 Å². The Kier molecular flexibility index (Phi) is 5.76. The van der Waals surface area contributed by atoms with Gasteiger partial charge in [0.2, 0.25) is 0 Å². The van der Waals surface area contributed by atoms with Gasteiger partial charge in [0.1, 0.15) is 5.82 Å². The van der Waals surface area contributed by atoms with Crippen molar-refractivity contribution in [3.05, 3.63) is 54.2 Å². The van der Waals surface area contributed by atoms with Crippen LogP contribution in [-0.4, -0.2) is 17.4 Å². The van der Waals surface area contributed by atoms with Crippen LogP contribution < -0.4 is 10.6 Å². The molecule has 1 aromatic heterocycles. The summed E-state index contributed by atoms with van der Waals surface area (Å²) in [6.07, 6.45) is 5.34. The lowest BCUT2D eigenvalue weighted by Gasteiger charge is -2.07. The second kappa shape index (κ2) is 8.04. The minimum Gasteiger partial charge on any atom is -0.384 e. The average molecular weight is 283 g/mol. The molecule has 1 aromatic carbocycles. The minimum absolute atomic E-state index is 0.147. The fourth-order valence-corrected chi connectivity index (χ4v) is 1.96. The first-order valence-electron chi connectivity index (χ1n) is 7.36. The Morgan fingerprint density at radius 3 is 2.57 bits per heavy atom. The minimum atomic E-state index is -0.147. The molecule has 0 unspecified atom stereocenters. The fourth-order valence-electron chi connectivity index (χ4n) is 1.96. The zero-order chi connectivity index (χ0) is 14.9. The highest BCUT2D eigenvalue weighted by atomic mass is 16.1. The Hall–Kier alpha value is -2.36. The maximum Gasteiger partial charge on any atom is 0.256 e. The standard InChI is InChI=1S/C17H21N3O/c1-2-3-7-12-18-15-10-11-16(19-13-15)20-17(21)14-8-5-4-6-9-14/h4-6,8-11,13,18H,2-3,7,12H2,1H3,(H,19,20,21). The van der Waals surface area contributed by atoms with Crippen LogP contribution in [0.2, 0.25) is 0 Å². The number of pyridine rings is 1. The van der Waals surface area contributed by atoms with Crippen LogP contribution >= 0.6 is 0 Å². The van der Waals surface area contributed by atoms with Crippen molar-refractivity contribution in [2.75, 3.05) is 17.2 Å². The number of nitrogens with zero attached hydrogens (tertiary/aromatic N) is 1. The second-order valence-corrected chi connectivity index (χ2v) is 4.89. The highest BCUT2D eigenvalue weighted by Gasteiger charge is 2.05. The number of benzene rings is 1. The fraction of sp³-hybridized carbons (Fsp3) is 0.294. The third-order valence-electron chi connectivity index (χ3n) is 3.15. The van der Waals surface area contributed by atoms with E-state index in [1.165, 1.54) is 12.8 Å². The van der Waals surface area contributed by atoms with Crippen LogP contribution in [0.5, 0.6) is 0 Å². The number of amides is 1. The molecule has 2 aromatic rings. The highest BCUT2D eigenvalue weighted by Crippen LogP contribution is 2.11. The third-order valence-corrected chi connectivity index (χ3v) is 3.15. The van der Waals surface area contributed by atoms with Gasteiger partial charge >= 0.3 is 0 Å². The molecule has 0 bridgehead atoms. The van der Waals surface area contributed by atoms with Gasteiger partial charge < -0.3 is 10.6 Å². The molecule has 0 aliphatic carbocycles. The van der Waals surface area contributed by atoms with E-state index in [4.69, 9.17) is 0 Å². The van der Waals surface area contributed by atoms with Gasteiger partial charge in [-0.05, 0) is 30.7 Å². The molecule has 0 atom stereocenters. The number of rotatable bonds is 7. The smallest absolute Gasteiger partial charge is 0.256 e. The van der Waals surface area contributed by atoms with Gasteiger partial charge in [-0.15, -0.1) is 0 Å². The van der Waals surface area contributed by atoms with E-state index in [1.54, 1.807) is 18.3 Å². The number of hydrogen-bond donors (Lipinski definition) is 2. The zero-order valence-corrected chi connectivity index (χ0v) is 12.3. The topological polar surface area (TPSA) is 54.0 Å². The largest absolute Gasteiger partial charge is 0.384 e. The Morgan fingerprint density at radius 2 is 1.90 bits per heavy atom. The molecule has 0 aliphatic heterocycles. The molecule has 0 spiro atoms. The summed E-state index contributed by atoms with van der Waals surface area (Å²) in [5.74, 6) is 0.412.